The molecular formula is C18H14FNO4S. The number of aromatic nitrogens is 1. The van der Waals surface area contributed by atoms with Crippen molar-refractivity contribution in [2.75, 3.05) is 7.11 Å². The zero-order valence-electron chi connectivity index (χ0n) is 13.2. The average Bonchev–Trinajstić information content (AvgIpc) is 3.07. The maximum absolute atomic E-state index is 14.1. The van der Waals surface area contributed by atoms with Crippen molar-refractivity contribution in [3.63, 3.8) is 0 Å². The van der Waals surface area contributed by atoms with Crippen LogP contribution in [0.15, 0.2) is 65.7 Å². The highest BCUT2D eigenvalue weighted by Crippen LogP contribution is 2.29. The molecule has 0 N–H and O–H groups in total. The van der Waals surface area contributed by atoms with Crippen molar-refractivity contribution in [2.24, 2.45) is 0 Å². The van der Waals surface area contributed by atoms with Gasteiger partial charge in [0, 0.05) is 17.3 Å². The van der Waals surface area contributed by atoms with Gasteiger partial charge in [0.1, 0.15) is 11.6 Å². The first-order valence-electron chi connectivity index (χ1n) is 7.29. The van der Waals surface area contributed by atoms with Crippen molar-refractivity contribution in [3.05, 3.63) is 72.2 Å². The highest BCUT2D eigenvalue weighted by atomic mass is 32.2. The van der Waals surface area contributed by atoms with Crippen LogP contribution >= 0.6 is 0 Å². The van der Waals surface area contributed by atoms with E-state index in [0.717, 1.165) is 3.97 Å². The molecule has 0 aliphatic heterocycles. The van der Waals surface area contributed by atoms with Crippen molar-refractivity contribution >= 4 is 16.3 Å². The highest BCUT2D eigenvalue weighted by Gasteiger charge is 2.23. The first kappa shape index (κ1) is 16.9. The molecule has 2 aromatic carbocycles. The van der Waals surface area contributed by atoms with Gasteiger partial charge in [0.05, 0.1) is 17.7 Å². The lowest BCUT2D eigenvalue weighted by Gasteiger charge is -2.11. The van der Waals surface area contributed by atoms with Gasteiger partial charge in [-0.1, -0.05) is 12.1 Å². The monoisotopic (exact) mass is 359 g/mol. The molecule has 0 fully saturated rings. The Hall–Kier alpha value is -2.93. The Morgan fingerprint density at radius 1 is 1.08 bits per heavy atom. The Labute approximate surface area is 144 Å². The van der Waals surface area contributed by atoms with E-state index in [1.54, 1.807) is 6.07 Å². The number of benzene rings is 2. The quantitative estimate of drug-likeness (QED) is 0.655. The molecule has 0 aliphatic carbocycles. The third kappa shape index (κ3) is 3.06. The lowest BCUT2D eigenvalue weighted by Crippen LogP contribution is -2.13. The predicted octanol–water partition coefficient (Wildman–Crippen LogP) is 3.35. The average molecular weight is 359 g/mol. The topological polar surface area (TPSA) is 65.4 Å². The molecule has 3 aromatic rings. The van der Waals surface area contributed by atoms with E-state index >= 15 is 0 Å². The Balaban J connectivity index is 2.20. The van der Waals surface area contributed by atoms with Gasteiger partial charge >= 0.3 is 0 Å². The fourth-order valence-electron chi connectivity index (χ4n) is 2.45. The van der Waals surface area contributed by atoms with E-state index in [-0.39, 0.29) is 21.7 Å². The van der Waals surface area contributed by atoms with E-state index in [9.17, 15) is 17.6 Å². The third-order valence-electron chi connectivity index (χ3n) is 3.71. The van der Waals surface area contributed by atoms with E-state index in [1.807, 2.05) is 0 Å². The number of carbonyl (C=O) groups excluding carboxylic acids is 1. The summed E-state index contributed by atoms with van der Waals surface area (Å²) >= 11 is 0. The third-order valence-corrected chi connectivity index (χ3v) is 5.40. The van der Waals surface area contributed by atoms with Crippen LogP contribution in [0.5, 0.6) is 5.75 Å². The van der Waals surface area contributed by atoms with Gasteiger partial charge in [-0.05, 0) is 42.5 Å². The van der Waals surface area contributed by atoms with Crippen molar-refractivity contribution < 1.29 is 22.3 Å². The van der Waals surface area contributed by atoms with Crippen LogP contribution in [0.25, 0.3) is 11.3 Å². The fraction of sp³-hybridized carbons (Fsp3) is 0.0556. The lowest BCUT2D eigenvalue weighted by molar-refractivity contribution is 0.112. The second kappa shape index (κ2) is 6.52. The van der Waals surface area contributed by atoms with Crippen LogP contribution in [0.2, 0.25) is 0 Å². The SMILES string of the molecule is COc1ccc(S(=O)(=O)n2cc(C=O)cc2-c2ccccc2F)cc1. The van der Waals surface area contributed by atoms with Gasteiger partial charge in [-0.2, -0.15) is 0 Å². The van der Waals surface area contributed by atoms with Gasteiger partial charge in [-0.15, -0.1) is 0 Å². The number of carbonyl (C=O) groups is 1. The van der Waals surface area contributed by atoms with Gasteiger partial charge in [0.25, 0.3) is 10.0 Å². The van der Waals surface area contributed by atoms with Gasteiger partial charge in [0.2, 0.25) is 0 Å². The molecule has 0 radical (unpaired) electrons. The minimum Gasteiger partial charge on any atom is -0.497 e. The van der Waals surface area contributed by atoms with Gasteiger partial charge < -0.3 is 4.74 Å². The number of ether oxygens (including phenoxy) is 1. The van der Waals surface area contributed by atoms with Crippen LogP contribution < -0.4 is 4.74 Å². The molecular weight excluding hydrogens is 345 g/mol. The first-order chi connectivity index (χ1) is 12.0. The molecule has 128 valence electrons. The number of hydrogen-bond donors (Lipinski definition) is 0. The van der Waals surface area contributed by atoms with Gasteiger partial charge in [-0.3, -0.25) is 4.79 Å². The van der Waals surface area contributed by atoms with Crippen molar-refractivity contribution in [1.29, 1.82) is 0 Å². The molecule has 7 heteroatoms. The zero-order chi connectivity index (χ0) is 18.0. The number of halogens is 1. The van der Waals surface area contributed by atoms with Crippen LogP contribution in [0.4, 0.5) is 4.39 Å². The highest BCUT2D eigenvalue weighted by molar-refractivity contribution is 7.90. The smallest absolute Gasteiger partial charge is 0.268 e. The van der Waals surface area contributed by atoms with E-state index in [2.05, 4.69) is 0 Å². The number of aldehydes is 1. The Morgan fingerprint density at radius 2 is 1.76 bits per heavy atom. The Morgan fingerprint density at radius 3 is 2.36 bits per heavy atom. The summed E-state index contributed by atoms with van der Waals surface area (Å²) in [6.45, 7) is 0. The molecule has 0 atom stereocenters. The standard InChI is InChI=1S/C18H14FNO4S/c1-24-14-6-8-15(9-7-14)25(22,23)20-11-13(12-21)10-18(20)16-4-2-3-5-17(16)19/h2-12H,1H3. The number of hydrogen-bond acceptors (Lipinski definition) is 4. The minimum absolute atomic E-state index is 0.000983. The zero-order valence-corrected chi connectivity index (χ0v) is 14.0. The molecule has 3 rings (SSSR count). The molecule has 1 heterocycles. The van der Waals surface area contributed by atoms with Gasteiger partial charge in [-0.25, -0.2) is 16.8 Å². The summed E-state index contributed by atoms with van der Waals surface area (Å²) in [5.41, 5.74) is 0.305. The van der Waals surface area contributed by atoms with Crippen LogP contribution in [0, 0.1) is 5.82 Å². The van der Waals surface area contributed by atoms with Crippen LogP contribution in [-0.2, 0) is 10.0 Å². The maximum Gasteiger partial charge on any atom is 0.268 e. The molecule has 0 amide bonds. The maximum atomic E-state index is 14.1. The normalized spacial score (nSPS) is 11.3. The summed E-state index contributed by atoms with van der Waals surface area (Å²) in [5, 5.41) is 0. The summed E-state index contributed by atoms with van der Waals surface area (Å²) in [6.07, 6.45) is 1.69. The van der Waals surface area contributed by atoms with Crippen molar-refractivity contribution in [2.45, 2.75) is 4.90 Å². The minimum atomic E-state index is -4.01. The molecule has 0 spiro atoms. The largest absolute Gasteiger partial charge is 0.497 e. The Kier molecular flexibility index (Phi) is 4.41. The van der Waals surface area contributed by atoms with Crippen molar-refractivity contribution in [1.82, 2.24) is 3.97 Å². The summed E-state index contributed by atoms with van der Waals surface area (Å²) < 4.78 is 46.0. The molecule has 0 aliphatic rings. The van der Waals surface area contributed by atoms with E-state index < -0.39 is 15.8 Å². The lowest BCUT2D eigenvalue weighted by atomic mass is 10.1. The first-order valence-corrected chi connectivity index (χ1v) is 8.73. The van der Waals surface area contributed by atoms with E-state index in [0.29, 0.717) is 12.0 Å². The second-order valence-electron chi connectivity index (χ2n) is 5.23. The Bertz CT molecular complexity index is 1020. The molecule has 0 saturated heterocycles. The predicted molar refractivity (Wildman–Crippen MR) is 90.8 cm³/mol. The number of methoxy groups -OCH3 is 1. The molecule has 0 saturated carbocycles. The molecule has 5 nitrogen and oxygen atoms in total. The van der Waals surface area contributed by atoms with Crippen LogP contribution in [0.3, 0.4) is 0 Å². The molecule has 1 aromatic heterocycles. The van der Waals surface area contributed by atoms with E-state index in [4.69, 9.17) is 4.74 Å². The summed E-state index contributed by atoms with van der Waals surface area (Å²) in [7, 11) is -2.54. The number of nitrogens with zero attached hydrogens (tertiary/aromatic N) is 1. The molecule has 25 heavy (non-hydrogen) atoms. The van der Waals surface area contributed by atoms with Crippen LogP contribution in [-0.4, -0.2) is 25.8 Å². The summed E-state index contributed by atoms with van der Waals surface area (Å²) in [6, 6.07) is 12.9. The summed E-state index contributed by atoms with van der Waals surface area (Å²) in [5.74, 6) is -0.0707. The second-order valence-corrected chi connectivity index (χ2v) is 7.05. The van der Waals surface area contributed by atoms with Gasteiger partial charge in [0.15, 0.2) is 6.29 Å². The molecule has 0 unspecified atom stereocenters. The fourth-order valence-corrected chi connectivity index (χ4v) is 3.83. The van der Waals surface area contributed by atoms with Crippen LogP contribution in [0.1, 0.15) is 10.4 Å². The number of rotatable bonds is 5. The molecule has 0 bridgehead atoms. The summed E-state index contributed by atoms with van der Waals surface area (Å²) in [4.78, 5) is 11.1. The van der Waals surface area contributed by atoms with Crippen molar-refractivity contribution in [3.8, 4) is 17.0 Å². The van der Waals surface area contributed by atoms with E-state index in [1.165, 1.54) is 61.8 Å².